The van der Waals surface area contributed by atoms with Crippen molar-refractivity contribution in [3.63, 3.8) is 0 Å². The Morgan fingerprint density at radius 3 is 2.54 bits per heavy atom. The molecule has 0 spiro atoms. The summed E-state index contributed by atoms with van der Waals surface area (Å²) < 4.78 is 55.9. The normalized spacial score (nSPS) is 11.3. The third-order valence-electron chi connectivity index (χ3n) is 2.77. The molecule has 24 heavy (non-hydrogen) atoms. The zero-order valence-corrected chi connectivity index (χ0v) is 13.3. The van der Waals surface area contributed by atoms with Crippen molar-refractivity contribution in [2.45, 2.75) is 11.5 Å². The van der Waals surface area contributed by atoms with E-state index in [1.165, 1.54) is 24.3 Å². The molecule has 0 atom stereocenters. The Kier molecular flexibility index (Phi) is 5.25. The topological polar surface area (TPSA) is 92.7 Å². The highest BCUT2D eigenvalue weighted by molar-refractivity contribution is 7.92. The number of carboxylic acids is 1. The van der Waals surface area contributed by atoms with Gasteiger partial charge in [0, 0.05) is 10.7 Å². The third-order valence-corrected chi connectivity index (χ3v) is 4.41. The minimum atomic E-state index is -4.34. The van der Waals surface area contributed by atoms with E-state index in [9.17, 15) is 22.0 Å². The second-order valence-electron chi connectivity index (χ2n) is 4.46. The Morgan fingerprint density at radius 1 is 1.21 bits per heavy atom. The highest BCUT2D eigenvalue weighted by Crippen LogP contribution is 2.30. The monoisotopic (exact) mass is 377 g/mol. The summed E-state index contributed by atoms with van der Waals surface area (Å²) in [7, 11) is -4.34. The van der Waals surface area contributed by atoms with Crippen LogP contribution in [0.4, 0.5) is 14.5 Å². The molecule has 0 saturated carbocycles. The number of ether oxygens (including phenoxy) is 1. The minimum absolute atomic E-state index is 0.00345. The molecule has 0 radical (unpaired) electrons. The summed E-state index contributed by atoms with van der Waals surface area (Å²) in [5.74, 6) is -1.84. The Bertz CT molecular complexity index is 873. The standard InChI is InChI=1S/C14H10ClF2NO5S/c15-9-4-5-11(23-14(16)17)12(7-9)24(21,22)18-10-3-1-2-8(6-10)13(19)20/h1-7,14,18H,(H,19,20). The van der Waals surface area contributed by atoms with Crippen LogP contribution in [0.1, 0.15) is 10.4 Å². The summed E-state index contributed by atoms with van der Waals surface area (Å²) in [5.41, 5.74) is -0.205. The van der Waals surface area contributed by atoms with Gasteiger partial charge in [-0.15, -0.1) is 0 Å². The Labute approximate surface area is 140 Å². The van der Waals surface area contributed by atoms with E-state index in [0.717, 1.165) is 18.2 Å². The molecule has 0 aliphatic rings. The van der Waals surface area contributed by atoms with Crippen molar-refractivity contribution >= 4 is 33.3 Å². The van der Waals surface area contributed by atoms with Gasteiger partial charge in [-0.3, -0.25) is 4.72 Å². The summed E-state index contributed by atoms with van der Waals surface area (Å²) in [5, 5.41) is 8.90. The number of nitrogens with one attached hydrogen (secondary N) is 1. The van der Waals surface area contributed by atoms with Crippen molar-refractivity contribution in [3.05, 3.63) is 53.1 Å². The summed E-state index contributed by atoms with van der Waals surface area (Å²) >= 11 is 5.72. The first kappa shape index (κ1) is 18.0. The van der Waals surface area contributed by atoms with Crippen LogP contribution < -0.4 is 9.46 Å². The molecule has 0 bridgehead atoms. The Hall–Kier alpha value is -2.39. The number of hydrogen-bond acceptors (Lipinski definition) is 4. The second-order valence-corrected chi connectivity index (χ2v) is 6.55. The van der Waals surface area contributed by atoms with Gasteiger partial charge in [0.2, 0.25) is 0 Å². The van der Waals surface area contributed by atoms with Gasteiger partial charge in [-0.05, 0) is 36.4 Å². The highest BCUT2D eigenvalue weighted by Gasteiger charge is 2.22. The van der Waals surface area contributed by atoms with Crippen molar-refractivity contribution in [1.29, 1.82) is 0 Å². The first-order valence-corrected chi connectivity index (χ1v) is 8.16. The summed E-state index contributed by atoms with van der Waals surface area (Å²) in [6, 6.07) is 8.13. The number of carbonyl (C=O) groups is 1. The highest BCUT2D eigenvalue weighted by atomic mass is 35.5. The average Bonchev–Trinajstić information content (AvgIpc) is 2.48. The quantitative estimate of drug-likeness (QED) is 0.804. The van der Waals surface area contributed by atoms with Crippen molar-refractivity contribution in [1.82, 2.24) is 0 Å². The predicted octanol–water partition coefficient (Wildman–Crippen LogP) is 3.44. The fourth-order valence-corrected chi connectivity index (χ4v) is 3.26. The minimum Gasteiger partial charge on any atom is -0.478 e. The first-order valence-electron chi connectivity index (χ1n) is 6.29. The Balaban J connectivity index is 2.42. The van der Waals surface area contributed by atoms with Gasteiger partial charge in [0.15, 0.2) is 0 Å². The number of halogens is 3. The zero-order chi connectivity index (χ0) is 17.9. The van der Waals surface area contributed by atoms with Gasteiger partial charge in [-0.2, -0.15) is 8.78 Å². The van der Waals surface area contributed by atoms with Gasteiger partial charge >= 0.3 is 12.6 Å². The summed E-state index contributed by atoms with van der Waals surface area (Å²) in [6.07, 6.45) is 0. The molecule has 0 aromatic heterocycles. The number of hydrogen-bond donors (Lipinski definition) is 2. The lowest BCUT2D eigenvalue weighted by Gasteiger charge is -2.13. The zero-order valence-electron chi connectivity index (χ0n) is 11.7. The summed E-state index contributed by atoms with van der Waals surface area (Å²) in [6.45, 7) is -3.23. The van der Waals surface area contributed by atoms with Crippen LogP contribution in [0, 0.1) is 0 Å². The molecule has 10 heteroatoms. The van der Waals surface area contributed by atoms with E-state index < -0.39 is 33.2 Å². The second kappa shape index (κ2) is 7.02. The molecule has 2 rings (SSSR count). The maximum absolute atomic E-state index is 12.4. The third kappa shape index (κ3) is 4.33. The Morgan fingerprint density at radius 2 is 1.92 bits per heavy atom. The molecule has 2 aromatic rings. The lowest BCUT2D eigenvalue weighted by Crippen LogP contribution is -2.16. The molecule has 2 aromatic carbocycles. The molecule has 2 N–H and O–H groups in total. The smallest absolute Gasteiger partial charge is 0.387 e. The lowest BCUT2D eigenvalue weighted by atomic mass is 10.2. The van der Waals surface area contributed by atoms with E-state index in [1.54, 1.807) is 0 Å². The molecule has 6 nitrogen and oxygen atoms in total. The average molecular weight is 378 g/mol. The van der Waals surface area contributed by atoms with Crippen molar-refractivity contribution in [2.24, 2.45) is 0 Å². The van der Waals surface area contributed by atoms with E-state index in [2.05, 4.69) is 9.46 Å². The largest absolute Gasteiger partial charge is 0.478 e. The summed E-state index contributed by atoms with van der Waals surface area (Å²) in [4.78, 5) is 10.3. The van der Waals surface area contributed by atoms with Gasteiger partial charge in [-0.1, -0.05) is 17.7 Å². The molecule has 0 fully saturated rings. The van der Waals surface area contributed by atoms with Crippen molar-refractivity contribution < 1.29 is 31.8 Å². The fraction of sp³-hybridized carbons (Fsp3) is 0.0714. The van der Waals surface area contributed by atoms with Crippen LogP contribution in [-0.2, 0) is 10.0 Å². The van der Waals surface area contributed by atoms with Crippen molar-refractivity contribution in [2.75, 3.05) is 4.72 Å². The first-order chi connectivity index (χ1) is 11.2. The van der Waals surface area contributed by atoms with E-state index in [-0.39, 0.29) is 16.3 Å². The predicted molar refractivity (Wildman–Crippen MR) is 82.3 cm³/mol. The molecule has 0 amide bonds. The molecule has 0 heterocycles. The van der Waals surface area contributed by atoms with Crippen LogP contribution in [0.15, 0.2) is 47.4 Å². The fourth-order valence-electron chi connectivity index (χ4n) is 1.81. The molecular weight excluding hydrogens is 368 g/mol. The van der Waals surface area contributed by atoms with Crippen LogP contribution in [0.3, 0.4) is 0 Å². The van der Waals surface area contributed by atoms with E-state index in [0.29, 0.717) is 0 Å². The number of carboxylic acid groups (broad SMARTS) is 1. The van der Waals surface area contributed by atoms with Crippen LogP contribution in [0.2, 0.25) is 5.02 Å². The van der Waals surface area contributed by atoms with Crippen LogP contribution in [0.25, 0.3) is 0 Å². The van der Waals surface area contributed by atoms with Crippen LogP contribution in [0.5, 0.6) is 5.75 Å². The molecule has 0 aliphatic heterocycles. The molecule has 0 saturated heterocycles. The van der Waals surface area contributed by atoms with Gasteiger partial charge in [0.05, 0.1) is 5.56 Å². The number of anilines is 1. The number of benzene rings is 2. The maximum Gasteiger partial charge on any atom is 0.387 e. The number of alkyl halides is 2. The molecule has 0 aliphatic carbocycles. The van der Waals surface area contributed by atoms with E-state index >= 15 is 0 Å². The van der Waals surface area contributed by atoms with Gasteiger partial charge in [0.1, 0.15) is 10.6 Å². The van der Waals surface area contributed by atoms with E-state index in [1.807, 2.05) is 0 Å². The van der Waals surface area contributed by atoms with Gasteiger partial charge < -0.3 is 9.84 Å². The van der Waals surface area contributed by atoms with Gasteiger partial charge in [0.25, 0.3) is 10.0 Å². The lowest BCUT2D eigenvalue weighted by molar-refractivity contribution is -0.0517. The van der Waals surface area contributed by atoms with Crippen LogP contribution >= 0.6 is 11.6 Å². The van der Waals surface area contributed by atoms with Gasteiger partial charge in [-0.25, -0.2) is 13.2 Å². The number of rotatable bonds is 6. The number of aromatic carboxylic acids is 1. The van der Waals surface area contributed by atoms with Crippen LogP contribution in [-0.4, -0.2) is 26.1 Å². The van der Waals surface area contributed by atoms with E-state index in [4.69, 9.17) is 16.7 Å². The molecular formula is C14H10ClF2NO5S. The maximum atomic E-state index is 12.4. The molecule has 128 valence electrons. The SMILES string of the molecule is O=C(O)c1cccc(NS(=O)(=O)c2cc(Cl)ccc2OC(F)F)c1. The number of sulfonamides is 1. The van der Waals surface area contributed by atoms with Crippen molar-refractivity contribution in [3.8, 4) is 5.75 Å². The molecule has 0 unspecified atom stereocenters.